The molecule has 0 fully saturated rings. The Kier molecular flexibility index (Phi) is 5.62. The Morgan fingerprint density at radius 3 is 2.62 bits per heavy atom. The van der Waals surface area contributed by atoms with E-state index in [-0.39, 0.29) is 0 Å². The van der Waals surface area contributed by atoms with Gasteiger partial charge < -0.3 is 14.4 Å². The molecule has 2 aromatic carbocycles. The fourth-order valence-electron chi connectivity index (χ4n) is 2.89. The second-order valence-corrected chi connectivity index (χ2v) is 6.03. The number of aromatic nitrogens is 2. The molecule has 3 rings (SSSR count). The third-order valence-corrected chi connectivity index (χ3v) is 4.02. The average molecular weight is 324 g/mol. The van der Waals surface area contributed by atoms with Crippen LogP contribution in [0.15, 0.2) is 54.6 Å². The van der Waals surface area contributed by atoms with Crippen LogP contribution < -0.4 is 0 Å². The van der Waals surface area contributed by atoms with Crippen molar-refractivity contribution >= 4 is 11.0 Å². The molecule has 1 atom stereocenters. The molecule has 0 saturated heterocycles. The Morgan fingerprint density at radius 1 is 1.08 bits per heavy atom. The molecule has 0 aliphatic heterocycles. The van der Waals surface area contributed by atoms with Gasteiger partial charge in [-0.1, -0.05) is 49.4 Å². The normalized spacial score (nSPS) is 12.6. The van der Waals surface area contributed by atoms with Crippen molar-refractivity contribution in [3.63, 3.8) is 0 Å². The number of benzene rings is 2. The summed E-state index contributed by atoms with van der Waals surface area (Å²) in [6.45, 7) is 3.48. The van der Waals surface area contributed by atoms with Gasteiger partial charge in [0.05, 0.1) is 36.9 Å². The van der Waals surface area contributed by atoms with Crippen molar-refractivity contribution in [2.45, 2.75) is 39.0 Å². The number of rotatable bonds is 8. The number of hydrogen-bond acceptors (Lipinski definition) is 3. The number of nitrogens with zero attached hydrogens (tertiary/aromatic N) is 2. The molecule has 0 saturated carbocycles. The minimum atomic E-state index is -0.554. The summed E-state index contributed by atoms with van der Waals surface area (Å²) < 4.78 is 7.78. The van der Waals surface area contributed by atoms with E-state index in [1.165, 1.54) is 0 Å². The highest BCUT2D eigenvalue weighted by Gasteiger charge is 2.13. The van der Waals surface area contributed by atoms with Crippen molar-refractivity contribution in [2.75, 3.05) is 6.61 Å². The van der Waals surface area contributed by atoms with Gasteiger partial charge in [0.25, 0.3) is 0 Å². The zero-order chi connectivity index (χ0) is 16.8. The van der Waals surface area contributed by atoms with Gasteiger partial charge in [0.15, 0.2) is 0 Å². The van der Waals surface area contributed by atoms with Crippen LogP contribution in [0.25, 0.3) is 11.0 Å². The zero-order valence-corrected chi connectivity index (χ0v) is 14.1. The number of imidazole rings is 1. The molecule has 1 aromatic heterocycles. The molecule has 4 nitrogen and oxygen atoms in total. The lowest BCUT2D eigenvalue weighted by Crippen LogP contribution is -2.23. The molecule has 0 aliphatic carbocycles. The van der Waals surface area contributed by atoms with Gasteiger partial charge in [0.2, 0.25) is 0 Å². The maximum atomic E-state index is 10.4. The Morgan fingerprint density at radius 2 is 1.83 bits per heavy atom. The molecular weight excluding hydrogens is 300 g/mol. The van der Waals surface area contributed by atoms with Gasteiger partial charge in [0, 0.05) is 6.42 Å². The van der Waals surface area contributed by atoms with Crippen molar-refractivity contribution in [1.29, 1.82) is 0 Å². The second kappa shape index (κ2) is 8.08. The van der Waals surface area contributed by atoms with Crippen LogP contribution in [0.2, 0.25) is 0 Å². The summed E-state index contributed by atoms with van der Waals surface area (Å²) in [6.07, 6.45) is 1.39. The number of aryl methyl sites for hydroxylation is 1. The lowest BCUT2D eigenvalue weighted by molar-refractivity contribution is 0.0205. The van der Waals surface area contributed by atoms with Crippen molar-refractivity contribution in [3.8, 4) is 0 Å². The maximum Gasteiger partial charge on any atom is 0.109 e. The maximum absolute atomic E-state index is 10.4. The number of hydrogen-bond donors (Lipinski definition) is 1. The second-order valence-electron chi connectivity index (χ2n) is 6.03. The van der Waals surface area contributed by atoms with Crippen LogP contribution in [0.1, 0.15) is 24.7 Å². The summed E-state index contributed by atoms with van der Waals surface area (Å²) in [5.74, 6) is 1.03. The molecule has 24 heavy (non-hydrogen) atoms. The smallest absolute Gasteiger partial charge is 0.109 e. The zero-order valence-electron chi connectivity index (χ0n) is 14.1. The summed E-state index contributed by atoms with van der Waals surface area (Å²) in [5.41, 5.74) is 3.17. The number of para-hydroxylation sites is 2. The van der Waals surface area contributed by atoms with Gasteiger partial charge >= 0.3 is 0 Å². The molecule has 0 amide bonds. The van der Waals surface area contributed by atoms with E-state index in [2.05, 4.69) is 17.6 Å². The molecule has 0 unspecified atom stereocenters. The molecule has 0 spiro atoms. The van der Waals surface area contributed by atoms with E-state index >= 15 is 0 Å². The first-order chi connectivity index (χ1) is 11.8. The highest BCUT2D eigenvalue weighted by atomic mass is 16.5. The van der Waals surface area contributed by atoms with E-state index in [0.717, 1.165) is 35.3 Å². The lowest BCUT2D eigenvalue weighted by Gasteiger charge is -2.15. The predicted octanol–water partition coefficient (Wildman–Crippen LogP) is 3.57. The monoisotopic (exact) mass is 324 g/mol. The summed E-state index contributed by atoms with van der Waals surface area (Å²) >= 11 is 0. The number of ether oxygens (including phenoxy) is 1. The van der Waals surface area contributed by atoms with E-state index in [1.54, 1.807) is 0 Å². The molecule has 126 valence electrons. The minimum absolute atomic E-state index is 0.312. The van der Waals surface area contributed by atoms with Crippen molar-refractivity contribution in [1.82, 2.24) is 9.55 Å². The fourth-order valence-corrected chi connectivity index (χ4v) is 2.89. The predicted molar refractivity (Wildman–Crippen MR) is 95.8 cm³/mol. The highest BCUT2D eigenvalue weighted by molar-refractivity contribution is 5.75. The van der Waals surface area contributed by atoms with Gasteiger partial charge in [-0.05, 0) is 24.1 Å². The molecule has 0 aliphatic rings. The fraction of sp³-hybridized carbons (Fsp3) is 0.350. The van der Waals surface area contributed by atoms with E-state index in [9.17, 15) is 5.11 Å². The summed E-state index contributed by atoms with van der Waals surface area (Å²) in [5, 5.41) is 10.4. The van der Waals surface area contributed by atoms with Crippen LogP contribution in [-0.4, -0.2) is 27.4 Å². The van der Waals surface area contributed by atoms with Crippen molar-refractivity contribution in [3.05, 3.63) is 66.0 Å². The molecule has 1 heterocycles. The van der Waals surface area contributed by atoms with Crippen LogP contribution in [0.4, 0.5) is 0 Å². The average Bonchev–Trinajstić information content (AvgIpc) is 2.94. The van der Waals surface area contributed by atoms with Crippen LogP contribution in [0, 0.1) is 0 Å². The first kappa shape index (κ1) is 16.7. The first-order valence-corrected chi connectivity index (χ1v) is 8.51. The Labute approximate surface area is 142 Å². The largest absolute Gasteiger partial charge is 0.389 e. The molecule has 3 aromatic rings. The van der Waals surface area contributed by atoms with Gasteiger partial charge in [0.1, 0.15) is 5.82 Å². The molecular formula is C20H24N2O2. The van der Waals surface area contributed by atoms with Crippen molar-refractivity contribution < 1.29 is 9.84 Å². The minimum Gasteiger partial charge on any atom is -0.389 e. The van der Waals surface area contributed by atoms with E-state index in [4.69, 9.17) is 9.72 Å². The summed E-state index contributed by atoms with van der Waals surface area (Å²) in [7, 11) is 0. The lowest BCUT2D eigenvalue weighted by atomic mass is 10.2. The number of fused-ring (bicyclic) bond motifs is 1. The summed E-state index contributed by atoms with van der Waals surface area (Å²) in [6, 6.07) is 18.1. The van der Waals surface area contributed by atoms with Crippen LogP contribution in [0.5, 0.6) is 0 Å². The van der Waals surface area contributed by atoms with E-state index < -0.39 is 6.10 Å². The van der Waals surface area contributed by atoms with Crippen LogP contribution >= 0.6 is 0 Å². The summed E-state index contributed by atoms with van der Waals surface area (Å²) in [4.78, 5) is 4.69. The topological polar surface area (TPSA) is 47.3 Å². The molecule has 0 radical (unpaired) electrons. The Bertz CT molecular complexity index is 768. The van der Waals surface area contributed by atoms with Gasteiger partial charge in [-0.25, -0.2) is 4.98 Å². The SMILES string of the molecule is CCCc1nc2ccccc2n1C[C@@H](O)COCc1ccccc1. The van der Waals surface area contributed by atoms with Gasteiger partial charge in [-0.15, -0.1) is 0 Å². The number of aliphatic hydroxyl groups excluding tert-OH is 1. The Balaban J connectivity index is 1.64. The molecule has 1 N–H and O–H groups in total. The van der Waals surface area contributed by atoms with Gasteiger partial charge in [-0.2, -0.15) is 0 Å². The van der Waals surface area contributed by atoms with E-state index in [0.29, 0.717) is 19.8 Å². The third-order valence-electron chi connectivity index (χ3n) is 4.02. The van der Waals surface area contributed by atoms with Gasteiger partial charge in [-0.3, -0.25) is 0 Å². The number of aliphatic hydroxyl groups is 1. The quantitative estimate of drug-likeness (QED) is 0.689. The van der Waals surface area contributed by atoms with Crippen LogP contribution in [-0.2, 0) is 24.3 Å². The third kappa shape index (κ3) is 4.02. The van der Waals surface area contributed by atoms with Crippen LogP contribution in [0.3, 0.4) is 0 Å². The Hall–Kier alpha value is -2.17. The van der Waals surface area contributed by atoms with E-state index in [1.807, 2.05) is 48.5 Å². The molecule has 0 bridgehead atoms. The standard InChI is InChI=1S/C20H24N2O2/c1-2-8-20-21-18-11-6-7-12-19(18)22(20)13-17(23)15-24-14-16-9-4-3-5-10-16/h3-7,9-12,17,23H,2,8,13-15H2,1H3/t17-/m1/s1. The first-order valence-electron chi connectivity index (χ1n) is 8.51. The van der Waals surface area contributed by atoms with Crippen molar-refractivity contribution in [2.24, 2.45) is 0 Å². The molecule has 4 heteroatoms. The highest BCUT2D eigenvalue weighted by Crippen LogP contribution is 2.18.